The van der Waals surface area contributed by atoms with Gasteiger partial charge in [0.25, 0.3) is 5.19 Å². The van der Waals surface area contributed by atoms with E-state index in [1.165, 1.54) is 18.4 Å². The predicted molar refractivity (Wildman–Crippen MR) is 134 cm³/mol. The van der Waals surface area contributed by atoms with Crippen LogP contribution < -0.4 is 4.74 Å². The number of hydrogen-bond acceptors (Lipinski definition) is 8. The van der Waals surface area contributed by atoms with Crippen molar-refractivity contribution in [2.24, 2.45) is 0 Å². The largest absolute Gasteiger partial charge is 0.508 e. The molecule has 0 aliphatic carbocycles. The van der Waals surface area contributed by atoms with Gasteiger partial charge in [-0.25, -0.2) is 14.6 Å². The van der Waals surface area contributed by atoms with E-state index in [-0.39, 0.29) is 11.4 Å². The molecule has 0 saturated heterocycles. The Labute approximate surface area is 206 Å². The average molecular weight is 503 g/mol. The third-order valence-corrected chi connectivity index (χ3v) is 6.07. The zero-order chi connectivity index (χ0) is 25.2. The first-order chi connectivity index (χ1) is 17.4. The predicted octanol–water partition coefficient (Wildman–Crippen LogP) is 5.32. The molecule has 10 nitrogen and oxygen atoms in total. The number of thiazole rings is 1. The van der Waals surface area contributed by atoms with Gasteiger partial charge >= 0.3 is 11.9 Å². The van der Waals surface area contributed by atoms with Gasteiger partial charge in [0, 0.05) is 40.1 Å². The number of phenols is 1. The third-order valence-electron chi connectivity index (χ3n) is 5.19. The number of phenolic OH excluding ortho intramolecular Hbond substituents is 1. The second-order valence-electron chi connectivity index (χ2n) is 7.59. The van der Waals surface area contributed by atoms with E-state index in [0.29, 0.717) is 33.3 Å². The molecule has 6 rings (SSSR count). The van der Waals surface area contributed by atoms with Crippen LogP contribution in [0.25, 0.3) is 32.2 Å². The van der Waals surface area contributed by atoms with Crippen molar-refractivity contribution in [3.63, 3.8) is 0 Å². The van der Waals surface area contributed by atoms with Crippen molar-refractivity contribution in [2.75, 3.05) is 7.11 Å². The van der Waals surface area contributed by atoms with E-state index < -0.39 is 11.9 Å². The zero-order valence-corrected chi connectivity index (χ0v) is 19.5. The second kappa shape index (κ2) is 9.39. The quantitative estimate of drug-likeness (QED) is 0.236. The molecule has 4 N–H and O–H groups in total. The minimum Gasteiger partial charge on any atom is -0.508 e. The Morgan fingerprint density at radius 2 is 1.67 bits per heavy atom. The van der Waals surface area contributed by atoms with Crippen LogP contribution in [-0.2, 0) is 4.74 Å². The molecule has 6 aromatic rings. The summed E-state index contributed by atoms with van der Waals surface area (Å²) in [6, 6.07) is 17.2. The summed E-state index contributed by atoms with van der Waals surface area (Å²) in [5.74, 6) is -0.655. The zero-order valence-electron chi connectivity index (χ0n) is 18.7. The Hall–Kier alpha value is -4.90. The summed E-state index contributed by atoms with van der Waals surface area (Å²) in [6.07, 6.45) is 1.68. The van der Waals surface area contributed by atoms with Gasteiger partial charge in [0.2, 0.25) is 0 Å². The van der Waals surface area contributed by atoms with Gasteiger partial charge in [-0.1, -0.05) is 11.3 Å². The first kappa shape index (κ1) is 22.9. The first-order valence-electron chi connectivity index (χ1n) is 10.5. The summed E-state index contributed by atoms with van der Waals surface area (Å²) in [6.45, 7) is 0. The summed E-state index contributed by atoms with van der Waals surface area (Å²) < 4.78 is 11.3. The maximum absolute atomic E-state index is 11.2. The lowest BCUT2D eigenvalue weighted by Gasteiger charge is -2.00. The van der Waals surface area contributed by atoms with Crippen LogP contribution in [-0.4, -0.2) is 49.2 Å². The lowest BCUT2D eigenvalue weighted by atomic mass is 10.2. The van der Waals surface area contributed by atoms with Crippen molar-refractivity contribution < 1.29 is 29.3 Å². The molecule has 2 aromatic carbocycles. The number of carbonyl (C=O) groups excluding carboxylic acids is 1. The summed E-state index contributed by atoms with van der Waals surface area (Å²) in [5.41, 5.74) is 2.60. The molecule has 0 bridgehead atoms. The van der Waals surface area contributed by atoms with Crippen molar-refractivity contribution in [3.8, 4) is 16.7 Å². The molecule has 0 fully saturated rings. The first-order valence-corrected chi connectivity index (χ1v) is 11.4. The number of carbonyl (C=O) groups is 2. The van der Waals surface area contributed by atoms with Crippen LogP contribution in [0, 0.1) is 0 Å². The van der Waals surface area contributed by atoms with Gasteiger partial charge in [-0.05, 0) is 48.5 Å². The number of methoxy groups -OCH3 is 1. The number of aromatic hydroxyl groups is 1. The molecule has 0 amide bonds. The molecule has 0 aliphatic rings. The molecule has 4 aromatic heterocycles. The maximum Gasteiger partial charge on any atom is 0.354 e. The Balaban J connectivity index is 0.000000165. The number of rotatable bonds is 4. The minimum atomic E-state index is -0.990. The number of ether oxygens (including phenoxy) is 2. The number of H-pyrrole nitrogens is 2. The van der Waals surface area contributed by atoms with Crippen molar-refractivity contribution in [1.29, 1.82) is 0 Å². The Morgan fingerprint density at radius 1 is 0.944 bits per heavy atom. The number of nitrogens with zero attached hydrogens (tertiary/aromatic N) is 2. The molecule has 0 radical (unpaired) electrons. The molecular weight excluding hydrogens is 484 g/mol. The molecule has 0 unspecified atom stereocenters. The van der Waals surface area contributed by atoms with Gasteiger partial charge in [-0.15, -0.1) is 0 Å². The van der Waals surface area contributed by atoms with Crippen LogP contribution in [0.2, 0.25) is 0 Å². The lowest BCUT2D eigenvalue weighted by molar-refractivity contribution is 0.0594. The van der Waals surface area contributed by atoms with Gasteiger partial charge in [-0.2, -0.15) is 4.98 Å². The second-order valence-corrected chi connectivity index (χ2v) is 8.58. The normalized spacial score (nSPS) is 10.8. The van der Waals surface area contributed by atoms with Crippen LogP contribution in [0.15, 0.2) is 66.9 Å². The fourth-order valence-corrected chi connectivity index (χ4v) is 4.31. The van der Waals surface area contributed by atoms with E-state index in [0.717, 1.165) is 15.5 Å². The molecule has 11 heteroatoms. The lowest BCUT2D eigenvalue weighted by Crippen LogP contribution is -2.00. The highest BCUT2D eigenvalue weighted by molar-refractivity contribution is 7.20. The molecule has 0 aliphatic heterocycles. The van der Waals surface area contributed by atoms with Crippen LogP contribution >= 0.6 is 11.3 Å². The smallest absolute Gasteiger partial charge is 0.354 e. The number of aromatic amines is 2. The number of pyridine rings is 1. The fraction of sp³-hybridized carbons (Fsp3) is 0.0400. The van der Waals surface area contributed by atoms with Crippen molar-refractivity contribution >= 4 is 55.4 Å². The molecule has 4 heterocycles. The number of esters is 1. The highest BCUT2D eigenvalue weighted by Crippen LogP contribution is 2.31. The molecule has 0 atom stereocenters. The maximum atomic E-state index is 11.2. The molecule has 0 saturated carbocycles. The van der Waals surface area contributed by atoms with Crippen molar-refractivity contribution in [1.82, 2.24) is 19.9 Å². The van der Waals surface area contributed by atoms with Crippen LogP contribution in [0.1, 0.15) is 21.0 Å². The number of benzene rings is 2. The van der Waals surface area contributed by atoms with Gasteiger partial charge in [-0.3, -0.25) is 0 Å². The number of nitrogens with one attached hydrogen (secondary N) is 2. The standard InChI is InChI=1S/C15H9N3O3S.C10H9NO3/c19-14(20)11-6-8-3-4-9(7-10(8)17-11)21-15-18-13-12(22-15)2-1-5-16-13;1-14-10(13)9-4-6-2-3-7(12)5-8(6)11-9/h1-7,17H,(H,19,20);2-5,11-12H,1H3. The number of fused-ring (bicyclic) bond motifs is 3. The average Bonchev–Trinajstić information content (AvgIpc) is 3.59. The molecule has 36 heavy (non-hydrogen) atoms. The summed E-state index contributed by atoms with van der Waals surface area (Å²) in [7, 11) is 1.32. The van der Waals surface area contributed by atoms with E-state index >= 15 is 0 Å². The molecular formula is C25H18N4O6S. The van der Waals surface area contributed by atoms with E-state index in [1.54, 1.807) is 54.7 Å². The Kier molecular flexibility index (Phi) is 5.97. The van der Waals surface area contributed by atoms with Gasteiger partial charge in [0.15, 0.2) is 5.65 Å². The van der Waals surface area contributed by atoms with Gasteiger partial charge < -0.3 is 29.7 Å². The van der Waals surface area contributed by atoms with Crippen LogP contribution in [0.4, 0.5) is 0 Å². The Bertz CT molecular complexity index is 1700. The highest BCUT2D eigenvalue weighted by Gasteiger charge is 2.11. The summed E-state index contributed by atoms with van der Waals surface area (Å²) in [5, 5.41) is 20.4. The van der Waals surface area contributed by atoms with Gasteiger partial charge in [0.05, 0.1) is 11.8 Å². The fourth-order valence-electron chi connectivity index (χ4n) is 3.51. The third kappa shape index (κ3) is 4.68. The Morgan fingerprint density at radius 3 is 2.42 bits per heavy atom. The SMILES string of the molecule is COC(=O)c1cc2ccc(O)cc2[nH]1.O=C(O)c1cc2ccc(Oc3nc4ncccc4s3)cc2[nH]1. The topological polar surface area (TPSA) is 150 Å². The highest BCUT2D eigenvalue weighted by atomic mass is 32.1. The van der Waals surface area contributed by atoms with Crippen LogP contribution in [0.5, 0.6) is 16.7 Å². The van der Waals surface area contributed by atoms with E-state index in [2.05, 4.69) is 24.7 Å². The van der Waals surface area contributed by atoms with E-state index in [1.807, 2.05) is 12.1 Å². The van der Waals surface area contributed by atoms with Crippen molar-refractivity contribution in [3.05, 3.63) is 78.2 Å². The summed E-state index contributed by atoms with van der Waals surface area (Å²) in [4.78, 5) is 36.3. The minimum absolute atomic E-state index is 0.149. The number of hydrogen-bond donors (Lipinski definition) is 4. The van der Waals surface area contributed by atoms with E-state index in [4.69, 9.17) is 9.84 Å². The summed E-state index contributed by atoms with van der Waals surface area (Å²) >= 11 is 1.41. The number of carboxylic acid groups (broad SMARTS) is 1. The number of aromatic carboxylic acids is 1. The van der Waals surface area contributed by atoms with Gasteiger partial charge in [0.1, 0.15) is 22.9 Å². The van der Waals surface area contributed by atoms with Crippen molar-refractivity contribution in [2.45, 2.75) is 0 Å². The molecule has 180 valence electrons. The number of aromatic nitrogens is 4. The van der Waals surface area contributed by atoms with E-state index in [9.17, 15) is 14.7 Å². The monoisotopic (exact) mass is 502 g/mol. The van der Waals surface area contributed by atoms with Crippen LogP contribution in [0.3, 0.4) is 0 Å². The number of carboxylic acids is 1. The molecule has 0 spiro atoms.